The van der Waals surface area contributed by atoms with E-state index < -0.39 is 0 Å². The van der Waals surface area contributed by atoms with E-state index in [2.05, 4.69) is 6.58 Å². The van der Waals surface area contributed by atoms with Gasteiger partial charge >= 0.3 is 5.97 Å². The average molecular weight is 204 g/mol. The van der Waals surface area contributed by atoms with Crippen molar-refractivity contribution >= 4 is 5.97 Å². The maximum Gasteiger partial charge on any atom is 0.306 e. The van der Waals surface area contributed by atoms with Gasteiger partial charge in [-0.2, -0.15) is 0 Å². The summed E-state index contributed by atoms with van der Waals surface area (Å²) in [5.74, 6) is -0.138. The van der Waals surface area contributed by atoms with Crippen LogP contribution in [0.2, 0.25) is 0 Å². The molecule has 0 saturated heterocycles. The molecule has 0 unspecified atom stereocenters. The molecule has 1 aromatic rings. The summed E-state index contributed by atoms with van der Waals surface area (Å²) in [4.78, 5) is 11.2. The monoisotopic (exact) mass is 204 g/mol. The maximum atomic E-state index is 11.2. The van der Waals surface area contributed by atoms with Gasteiger partial charge in [0, 0.05) is 6.42 Å². The molecule has 0 radical (unpaired) electrons. The Bertz CT molecular complexity index is 304. The van der Waals surface area contributed by atoms with Crippen LogP contribution in [0.15, 0.2) is 43.0 Å². The van der Waals surface area contributed by atoms with Gasteiger partial charge in [0.2, 0.25) is 0 Å². The van der Waals surface area contributed by atoms with E-state index in [1.54, 1.807) is 0 Å². The molecule has 0 amide bonds. The Kier molecular flexibility index (Phi) is 5.23. The number of esters is 1. The van der Waals surface area contributed by atoms with Crippen LogP contribution >= 0.6 is 0 Å². The van der Waals surface area contributed by atoms with Crippen LogP contribution in [-0.2, 0) is 16.1 Å². The first kappa shape index (κ1) is 11.5. The Morgan fingerprint density at radius 3 is 2.73 bits per heavy atom. The number of benzene rings is 1. The van der Waals surface area contributed by atoms with Gasteiger partial charge in [0.05, 0.1) is 0 Å². The summed E-state index contributed by atoms with van der Waals surface area (Å²) >= 11 is 0. The SMILES string of the molecule is C=CCCCC(=O)OCc1ccccc1. The summed E-state index contributed by atoms with van der Waals surface area (Å²) in [6.07, 6.45) is 3.96. The lowest BCUT2D eigenvalue weighted by Gasteiger charge is -2.03. The third-order valence-corrected chi connectivity index (χ3v) is 2.03. The number of hydrogen-bond donors (Lipinski definition) is 0. The Labute approximate surface area is 90.6 Å². The highest BCUT2D eigenvalue weighted by molar-refractivity contribution is 5.69. The Balaban J connectivity index is 2.20. The molecule has 0 heterocycles. The van der Waals surface area contributed by atoms with Crippen molar-refractivity contribution < 1.29 is 9.53 Å². The number of allylic oxidation sites excluding steroid dienone is 1. The molecule has 0 aliphatic heterocycles. The van der Waals surface area contributed by atoms with Crippen LogP contribution in [0, 0.1) is 0 Å². The molecule has 0 aliphatic carbocycles. The standard InChI is InChI=1S/C13H16O2/c1-2-3-5-10-13(14)15-11-12-8-6-4-7-9-12/h2,4,6-9H,1,3,5,10-11H2. The number of ether oxygens (including phenoxy) is 1. The predicted molar refractivity (Wildman–Crippen MR) is 60.3 cm³/mol. The van der Waals surface area contributed by atoms with E-state index in [9.17, 15) is 4.79 Å². The Hall–Kier alpha value is -1.57. The molecular weight excluding hydrogens is 188 g/mol. The van der Waals surface area contributed by atoms with Gasteiger partial charge in [0.25, 0.3) is 0 Å². The molecule has 0 atom stereocenters. The predicted octanol–water partition coefficient (Wildman–Crippen LogP) is 3.09. The van der Waals surface area contributed by atoms with Gasteiger partial charge in [-0.15, -0.1) is 6.58 Å². The van der Waals surface area contributed by atoms with E-state index in [4.69, 9.17) is 4.74 Å². The van der Waals surface area contributed by atoms with E-state index >= 15 is 0 Å². The average Bonchev–Trinajstić information content (AvgIpc) is 2.28. The van der Waals surface area contributed by atoms with Crippen molar-refractivity contribution in [3.05, 3.63) is 48.6 Å². The minimum atomic E-state index is -0.138. The molecule has 0 spiro atoms. The van der Waals surface area contributed by atoms with E-state index in [-0.39, 0.29) is 5.97 Å². The molecule has 0 N–H and O–H groups in total. The number of hydrogen-bond acceptors (Lipinski definition) is 2. The molecule has 1 aromatic carbocycles. The highest BCUT2D eigenvalue weighted by Crippen LogP contribution is 2.03. The molecule has 1 rings (SSSR count). The Morgan fingerprint density at radius 1 is 1.33 bits per heavy atom. The lowest BCUT2D eigenvalue weighted by atomic mass is 10.2. The highest BCUT2D eigenvalue weighted by atomic mass is 16.5. The summed E-state index contributed by atoms with van der Waals surface area (Å²) in [5.41, 5.74) is 1.02. The summed E-state index contributed by atoms with van der Waals surface area (Å²) in [6, 6.07) is 9.69. The zero-order valence-corrected chi connectivity index (χ0v) is 8.82. The summed E-state index contributed by atoms with van der Waals surface area (Å²) in [7, 11) is 0. The highest BCUT2D eigenvalue weighted by Gasteiger charge is 2.01. The fourth-order valence-electron chi connectivity index (χ4n) is 1.20. The zero-order chi connectivity index (χ0) is 10.9. The van der Waals surface area contributed by atoms with Crippen molar-refractivity contribution in [3.63, 3.8) is 0 Å². The van der Waals surface area contributed by atoms with E-state index in [0.717, 1.165) is 18.4 Å². The normalized spacial score (nSPS) is 9.60. The van der Waals surface area contributed by atoms with Crippen LogP contribution in [0.3, 0.4) is 0 Å². The van der Waals surface area contributed by atoms with Crippen molar-refractivity contribution in [1.29, 1.82) is 0 Å². The molecule has 0 aromatic heterocycles. The van der Waals surface area contributed by atoms with Crippen LogP contribution in [0.5, 0.6) is 0 Å². The fourth-order valence-corrected chi connectivity index (χ4v) is 1.20. The van der Waals surface area contributed by atoms with Crippen LogP contribution in [-0.4, -0.2) is 5.97 Å². The van der Waals surface area contributed by atoms with Crippen LogP contribution in [0.1, 0.15) is 24.8 Å². The fraction of sp³-hybridized carbons (Fsp3) is 0.308. The van der Waals surface area contributed by atoms with E-state index in [1.807, 2.05) is 36.4 Å². The third kappa shape index (κ3) is 5.01. The smallest absolute Gasteiger partial charge is 0.306 e. The minimum absolute atomic E-state index is 0.138. The molecule has 15 heavy (non-hydrogen) atoms. The summed E-state index contributed by atoms with van der Waals surface area (Å²) in [5, 5.41) is 0. The molecular formula is C13H16O2. The van der Waals surface area contributed by atoms with Crippen molar-refractivity contribution in [3.8, 4) is 0 Å². The molecule has 2 nitrogen and oxygen atoms in total. The topological polar surface area (TPSA) is 26.3 Å². The minimum Gasteiger partial charge on any atom is -0.461 e. The number of rotatable bonds is 6. The van der Waals surface area contributed by atoms with Gasteiger partial charge in [-0.05, 0) is 18.4 Å². The van der Waals surface area contributed by atoms with Crippen molar-refractivity contribution in [1.82, 2.24) is 0 Å². The van der Waals surface area contributed by atoms with Crippen molar-refractivity contribution in [2.24, 2.45) is 0 Å². The van der Waals surface area contributed by atoms with Gasteiger partial charge in [0.1, 0.15) is 6.61 Å². The van der Waals surface area contributed by atoms with Gasteiger partial charge < -0.3 is 4.74 Å². The second kappa shape index (κ2) is 6.82. The first-order chi connectivity index (χ1) is 7.33. The van der Waals surface area contributed by atoms with Gasteiger partial charge in [-0.25, -0.2) is 0 Å². The second-order valence-corrected chi connectivity index (χ2v) is 3.33. The molecule has 2 heteroatoms. The molecule has 0 aliphatic rings. The third-order valence-electron chi connectivity index (χ3n) is 2.03. The van der Waals surface area contributed by atoms with E-state index in [0.29, 0.717) is 13.0 Å². The van der Waals surface area contributed by atoms with Crippen LogP contribution < -0.4 is 0 Å². The van der Waals surface area contributed by atoms with E-state index in [1.165, 1.54) is 0 Å². The Morgan fingerprint density at radius 2 is 2.07 bits per heavy atom. The van der Waals surface area contributed by atoms with Crippen LogP contribution in [0.25, 0.3) is 0 Å². The lowest BCUT2D eigenvalue weighted by Crippen LogP contribution is -2.03. The number of carbonyl (C=O) groups is 1. The van der Waals surface area contributed by atoms with Gasteiger partial charge in [-0.1, -0.05) is 36.4 Å². The van der Waals surface area contributed by atoms with Crippen LogP contribution in [0.4, 0.5) is 0 Å². The zero-order valence-electron chi connectivity index (χ0n) is 8.82. The molecule has 80 valence electrons. The summed E-state index contributed by atoms with van der Waals surface area (Å²) in [6.45, 7) is 3.97. The molecule has 0 bridgehead atoms. The first-order valence-corrected chi connectivity index (χ1v) is 5.13. The number of unbranched alkanes of at least 4 members (excludes halogenated alkanes) is 1. The molecule has 0 saturated carbocycles. The molecule has 0 fully saturated rings. The lowest BCUT2D eigenvalue weighted by molar-refractivity contribution is -0.145. The van der Waals surface area contributed by atoms with Gasteiger partial charge in [-0.3, -0.25) is 4.79 Å². The summed E-state index contributed by atoms with van der Waals surface area (Å²) < 4.78 is 5.10. The van der Waals surface area contributed by atoms with Crippen molar-refractivity contribution in [2.75, 3.05) is 0 Å². The van der Waals surface area contributed by atoms with Crippen molar-refractivity contribution in [2.45, 2.75) is 25.9 Å². The first-order valence-electron chi connectivity index (χ1n) is 5.13. The van der Waals surface area contributed by atoms with Gasteiger partial charge in [0.15, 0.2) is 0 Å². The number of carbonyl (C=O) groups excluding carboxylic acids is 1. The second-order valence-electron chi connectivity index (χ2n) is 3.33. The quantitative estimate of drug-likeness (QED) is 0.404. The maximum absolute atomic E-state index is 11.2. The largest absolute Gasteiger partial charge is 0.461 e.